The second-order valence-corrected chi connectivity index (χ2v) is 8.87. The lowest BCUT2D eigenvalue weighted by Crippen LogP contribution is -2.52. The van der Waals surface area contributed by atoms with Crippen LogP contribution in [0.25, 0.3) is 11.8 Å². The normalized spacial score (nSPS) is 18.5. The minimum absolute atomic E-state index is 0.173. The van der Waals surface area contributed by atoms with Crippen molar-refractivity contribution in [3.8, 4) is 11.4 Å². The van der Waals surface area contributed by atoms with Gasteiger partial charge < -0.3 is 14.7 Å². The highest BCUT2D eigenvalue weighted by Gasteiger charge is 2.37. The number of rotatable bonds is 4. The summed E-state index contributed by atoms with van der Waals surface area (Å²) in [6.07, 6.45) is 5.49. The number of nitrogens with zero attached hydrogens (tertiary/aromatic N) is 3. The quantitative estimate of drug-likeness (QED) is 0.615. The number of halogens is 1. The van der Waals surface area contributed by atoms with E-state index in [1.807, 2.05) is 49.3 Å². The zero-order valence-corrected chi connectivity index (χ0v) is 18.8. The molecule has 1 fully saturated rings. The molecule has 3 aromatic rings. The van der Waals surface area contributed by atoms with E-state index in [1.165, 1.54) is 12.1 Å². The largest absolute Gasteiger partial charge is 0.485 e. The number of piperidine rings is 1. The third-order valence-corrected chi connectivity index (χ3v) is 6.80. The maximum Gasteiger partial charge on any atom is 0.144 e. The van der Waals surface area contributed by atoms with Crippen molar-refractivity contribution >= 4 is 11.9 Å². The van der Waals surface area contributed by atoms with Crippen LogP contribution in [0.5, 0.6) is 5.75 Å². The van der Waals surface area contributed by atoms with Crippen molar-refractivity contribution < 1.29 is 14.2 Å². The highest BCUT2D eigenvalue weighted by Crippen LogP contribution is 2.35. The number of hydrogen-bond donors (Lipinski definition) is 2. The molecule has 33 heavy (non-hydrogen) atoms. The molecular weight excluding hydrogens is 419 g/mol. The predicted molar refractivity (Wildman–Crippen MR) is 125 cm³/mol. The van der Waals surface area contributed by atoms with Gasteiger partial charge in [-0.15, -0.1) is 0 Å². The predicted octanol–water partition coefficient (Wildman–Crippen LogP) is 4.58. The van der Waals surface area contributed by atoms with Crippen LogP contribution in [0.2, 0.25) is 0 Å². The van der Waals surface area contributed by atoms with E-state index in [-0.39, 0.29) is 12.4 Å². The number of aliphatic hydroxyl groups is 1. The van der Waals surface area contributed by atoms with Crippen molar-refractivity contribution in [2.75, 3.05) is 13.2 Å². The van der Waals surface area contributed by atoms with Crippen molar-refractivity contribution in [3.63, 3.8) is 0 Å². The molecule has 3 heterocycles. The van der Waals surface area contributed by atoms with Crippen molar-refractivity contribution in [1.82, 2.24) is 14.5 Å². The smallest absolute Gasteiger partial charge is 0.144 e. The van der Waals surface area contributed by atoms with Gasteiger partial charge in [-0.3, -0.25) is 9.98 Å². The first kappa shape index (κ1) is 21.4. The number of aromatic nitrogens is 2. The first-order chi connectivity index (χ1) is 15.9. The lowest BCUT2D eigenvalue weighted by atomic mass is 9.87. The number of amidine groups is 1. The van der Waals surface area contributed by atoms with Gasteiger partial charge in [0.1, 0.15) is 24.0 Å². The molecule has 0 unspecified atom stereocenters. The van der Waals surface area contributed by atoms with Gasteiger partial charge in [0, 0.05) is 6.54 Å². The van der Waals surface area contributed by atoms with Crippen LogP contribution in [0.15, 0.2) is 54.4 Å². The zero-order chi connectivity index (χ0) is 23.2. The van der Waals surface area contributed by atoms with Gasteiger partial charge in [-0.05, 0) is 73.7 Å². The minimum Gasteiger partial charge on any atom is -0.485 e. The van der Waals surface area contributed by atoms with E-state index in [1.54, 1.807) is 12.1 Å². The highest BCUT2D eigenvalue weighted by atomic mass is 19.1. The maximum absolute atomic E-state index is 13.5. The van der Waals surface area contributed by atoms with Gasteiger partial charge in [-0.25, -0.2) is 9.37 Å². The molecule has 0 bridgehead atoms. The Morgan fingerprint density at radius 3 is 2.79 bits per heavy atom. The average Bonchev–Trinajstić information content (AvgIpc) is 3.21. The molecule has 2 aromatic carbocycles. The monoisotopic (exact) mass is 446 g/mol. The molecule has 0 radical (unpaired) electrons. The van der Waals surface area contributed by atoms with Crippen LogP contribution in [0.1, 0.15) is 42.3 Å². The summed E-state index contributed by atoms with van der Waals surface area (Å²) in [7, 11) is 0. The summed E-state index contributed by atoms with van der Waals surface area (Å²) in [6.45, 7) is 4.84. The third-order valence-electron chi connectivity index (χ3n) is 6.80. The molecule has 0 spiro atoms. The van der Waals surface area contributed by atoms with Crippen LogP contribution in [-0.4, -0.2) is 38.5 Å². The molecule has 1 aromatic heterocycles. The minimum atomic E-state index is -0.807. The van der Waals surface area contributed by atoms with Crippen LogP contribution >= 0.6 is 0 Å². The summed E-state index contributed by atoms with van der Waals surface area (Å²) in [5.41, 5.74) is 4.83. The number of aryl methyl sites for hydroxylation is 1. The number of nitrogens with one attached hydrogen (secondary N) is 1. The van der Waals surface area contributed by atoms with Gasteiger partial charge in [-0.1, -0.05) is 18.2 Å². The fraction of sp³-hybridized carbons (Fsp3) is 0.308. The van der Waals surface area contributed by atoms with Gasteiger partial charge in [0.25, 0.3) is 0 Å². The topological polar surface area (TPSA) is 74.4 Å². The molecule has 0 aliphatic carbocycles. The van der Waals surface area contributed by atoms with Gasteiger partial charge in [0.2, 0.25) is 0 Å². The molecule has 6 nitrogen and oxygen atoms in total. The second-order valence-electron chi connectivity index (χ2n) is 8.87. The number of hydrogen-bond acceptors (Lipinski definition) is 4. The average molecular weight is 447 g/mol. The van der Waals surface area contributed by atoms with Crippen molar-refractivity contribution in [2.24, 2.45) is 0 Å². The molecule has 2 N–H and O–H groups in total. The fourth-order valence-electron chi connectivity index (χ4n) is 4.73. The Kier molecular flexibility index (Phi) is 5.29. The Morgan fingerprint density at radius 1 is 1.24 bits per heavy atom. The van der Waals surface area contributed by atoms with E-state index < -0.39 is 5.54 Å². The van der Waals surface area contributed by atoms with Crippen molar-refractivity contribution in [1.29, 1.82) is 5.41 Å². The summed E-state index contributed by atoms with van der Waals surface area (Å²) in [5, 5.41) is 19.2. The summed E-state index contributed by atoms with van der Waals surface area (Å²) >= 11 is 0. The molecule has 2 aliphatic rings. The number of likely N-dealkylation sites (tertiary alicyclic amines) is 1. The standard InChI is InChI=1S/C26H27FN4O2/c1-17-23-14-33-24-13-18(5-10-22(24)30(23)16-29-17)12-19-4-3-11-31(25(19)28)26(2,15-32)20-6-8-21(27)9-7-20/h5-10,12-13,16,28,32H,3-4,11,14-15H2,1-2H3/b19-12+,28-25?/t26-/m1/s1. The van der Waals surface area contributed by atoms with Crippen LogP contribution in [0, 0.1) is 18.2 Å². The highest BCUT2D eigenvalue weighted by molar-refractivity contribution is 6.01. The Hall–Kier alpha value is -3.45. The molecule has 1 atom stereocenters. The zero-order valence-electron chi connectivity index (χ0n) is 18.8. The van der Waals surface area contributed by atoms with Gasteiger partial charge in [0.15, 0.2) is 0 Å². The SMILES string of the molecule is Cc1ncn2c1COc1cc(/C=C3\CCCN([C@](C)(CO)c4ccc(F)cc4)C3=N)ccc1-2. The number of fused-ring (bicyclic) bond motifs is 3. The van der Waals surface area contributed by atoms with E-state index in [0.29, 0.717) is 19.0 Å². The van der Waals surface area contributed by atoms with E-state index in [2.05, 4.69) is 9.55 Å². The van der Waals surface area contributed by atoms with Crippen LogP contribution in [-0.2, 0) is 12.1 Å². The Balaban J connectivity index is 1.45. The Bertz CT molecular complexity index is 1250. The van der Waals surface area contributed by atoms with Crippen LogP contribution in [0.3, 0.4) is 0 Å². The summed E-state index contributed by atoms with van der Waals surface area (Å²) in [5.74, 6) is 0.856. The first-order valence-electron chi connectivity index (χ1n) is 11.1. The number of aliphatic hydroxyl groups excluding tert-OH is 1. The molecule has 2 aliphatic heterocycles. The van der Waals surface area contributed by atoms with Crippen molar-refractivity contribution in [3.05, 3.63) is 82.7 Å². The van der Waals surface area contributed by atoms with E-state index in [0.717, 1.165) is 52.4 Å². The lowest BCUT2D eigenvalue weighted by Gasteiger charge is -2.45. The van der Waals surface area contributed by atoms with Gasteiger partial charge >= 0.3 is 0 Å². The van der Waals surface area contributed by atoms with Crippen LogP contribution < -0.4 is 4.74 Å². The Morgan fingerprint density at radius 2 is 2.03 bits per heavy atom. The number of imidazole rings is 1. The first-order valence-corrected chi connectivity index (χ1v) is 11.1. The van der Waals surface area contributed by atoms with E-state index in [4.69, 9.17) is 10.1 Å². The lowest BCUT2D eigenvalue weighted by molar-refractivity contribution is 0.0904. The Labute approximate surface area is 192 Å². The molecule has 0 saturated carbocycles. The molecule has 0 amide bonds. The molecule has 7 heteroatoms. The molecule has 5 rings (SSSR count). The molecular formula is C26H27FN4O2. The van der Waals surface area contributed by atoms with Crippen molar-refractivity contribution in [2.45, 2.75) is 38.8 Å². The maximum atomic E-state index is 13.5. The number of ether oxygens (including phenoxy) is 1. The second kappa shape index (κ2) is 8.15. The molecule has 1 saturated heterocycles. The van der Waals surface area contributed by atoms with Gasteiger partial charge in [-0.2, -0.15) is 0 Å². The number of benzene rings is 2. The van der Waals surface area contributed by atoms with Gasteiger partial charge in [0.05, 0.1) is 35.5 Å². The summed E-state index contributed by atoms with van der Waals surface area (Å²) in [4.78, 5) is 6.31. The summed E-state index contributed by atoms with van der Waals surface area (Å²) < 4.78 is 21.5. The summed E-state index contributed by atoms with van der Waals surface area (Å²) in [6, 6.07) is 12.2. The third kappa shape index (κ3) is 3.62. The molecule has 170 valence electrons. The van der Waals surface area contributed by atoms with Crippen LogP contribution in [0.4, 0.5) is 4.39 Å². The van der Waals surface area contributed by atoms with E-state index in [9.17, 15) is 9.50 Å². The van der Waals surface area contributed by atoms with E-state index >= 15 is 0 Å². The fourth-order valence-corrected chi connectivity index (χ4v) is 4.73.